The Labute approximate surface area is 168 Å². The van der Waals surface area contributed by atoms with Gasteiger partial charge in [0.1, 0.15) is 5.82 Å². The van der Waals surface area contributed by atoms with Gasteiger partial charge in [0, 0.05) is 11.5 Å². The quantitative estimate of drug-likeness (QED) is 0.741. The summed E-state index contributed by atoms with van der Waals surface area (Å²) in [6, 6.07) is 4.30. The lowest BCUT2D eigenvalue weighted by Crippen LogP contribution is -2.41. The van der Waals surface area contributed by atoms with Crippen molar-refractivity contribution in [1.29, 1.82) is 0 Å². The molecule has 0 atom stereocenters. The number of nitrogens with zero attached hydrogens (tertiary/aromatic N) is 1. The van der Waals surface area contributed by atoms with Crippen LogP contribution in [0.3, 0.4) is 0 Å². The largest absolute Gasteiger partial charge is 0.500 e. The average molecular weight is 426 g/mol. The molecule has 0 bridgehead atoms. The second-order valence-corrected chi connectivity index (χ2v) is 9.51. The standard InChI is InChI=1S/C18H21BF2N2O5S/c1-17(2)18(3,4)28-19(27-17)13-9-12(23-29(5,24)25)10-22-16(13)26-15-7-6-11(20)8-14(15)21/h6-10,23H,1-5H3. The van der Waals surface area contributed by atoms with Crippen molar-refractivity contribution in [2.24, 2.45) is 0 Å². The first-order chi connectivity index (χ1) is 13.3. The Hall–Kier alpha value is -2.24. The van der Waals surface area contributed by atoms with Gasteiger partial charge in [0.2, 0.25) is 15.9 Å². The zero-order chi connectivity index (χ0) is 21.6. The number of pyridine rings is 1. The third-order valence-electron chi connectivity index (χ3n) is 4.79. The predicted molar refractivity (Wildman–Crippen MR) is 105 cm³/mol. The fourth-order valence-corrected chi connectivity index (χ4v) is 3.17. The molecule has 1 aliphatic rings. The lowest BCUT2D eigenvalue weighted by atomic mass is 9.79. The van der Waals surface area contributed by atoms with Crippen molar-refractivity contribution >= 4 is 28.3 Å². The van der Waals surface area contributed by atoms with E-state index in [2.05, 4.69) is 9.71 Å². The van der Waals surface area contributed by atoms with E-state index < -0.39 is 40.0 Å². The zero-order valence-electron chi connectivity index (χ0n) is 16.6. The molecule has 156 valence electrons. The van der Waals surface area contributed by atoms with Crippen LogP contribution in [0.1, 0.15) is 27.7 Å². The van der Waals surface area contributed by atoms with Gasteiger partial charge in [0.15, 0.2) is 11.6 Å². The number of halogens is 2. The van der Waals surface area contributed by atoms with E-state index in [1.807, 2.05) is 27.7 Å². The van der Waals surface area contributed by atoms with Gasteiger partial charge < -0.3 is 14.0 Å². The summed E-state index contributed by atoms with van der Waals surface area (Å²) in [6.45, 7) is 7.39. The first-order valence-corrected chi connectivity index (χ1v) is 10.6. The Bertz CT molecular complexity index is 1030. The normalized spacial score (nSPS) is 18.0. The van der Waals surface area contributed by atoms with Crippen molar-refractivity contribution in [2.45, 2.75) is 38.9 Å². The maximum absolute atomic E-state index is 14.0. The Balaban J connectivity index is 2.04. The van der Waals surface area contributed by atoms with Gasteiger partial charge in [-0.25, -0.2) is 22.2 Å². The van der Waals surface area contributed by atoms with Crippen molar-refractivity contribution in [2.75, 3.05) is 11.0 Å². The van der Waals surface area contributed by atoms with E-state index in [1.54, 1.807) is 0 Å². The van der Waals surface area contributed by atoms with Crippen LogP contribution >= 0.6 is 0 Å². The van der Waals surface area contributed by atoms with Crippen LogP contribution < -0.4 is 14.9 Å². The van der Waals surface area contributed by atoms with E-state index in [1.165, 1.54) is 12.3 Å². The van der Waals surface area contributed by atoms with Crippen molar-refractivity contribution < 1.29 is 31.2 Å². The molecular weight excluding hydrogens is 405 g/mol. The molecular formula is C18H21BF2N2O5S. The van der Waals surface area contributed by atoms with Crippen LogP contribution in [-0.2, 0) is 19.3 Å². The highest BCUT2D eigenvalue weighted by atomic mass is 32.2. The highest BCUT2D eigenvalue weighted by molar-refractivity contribution is 7.92. The van der Waals surface area contributed by atoms with Crippen molar-refractivity contribution in [3.63, 3.8) is 0 Å². The van der Waals surface area contributed by atoms with Crippen LogP contribution in [0.4, 0.5) is 14.5 Å². The highest BCUT2D eigenvalue weighted by Gasteiger charge is 2.52. The van der Waals surface area contributed by atoms with E-state index in [-0.39, 0.29) is 22.8 Å². The number of ether oxygens (including phenoxy) is 1. The summed E-state index contributed by atoms with van der Waals surface area (Å²) < 4.78 is 70.2. The van der Waals surface area contributed by atoms with Gasteiger partial charge in [-0.2, -0.15) is 0 Å². The van der Waals surface area contributed by atoms with Crippen LogP contribution in [0.5, 0.6) is 11.6 Å². The van der Waals surface area contributed by atoms with Gasteiger partial charge in [0.25, 0.3) is 0 Å². The molecule has 0 unspecified atom stereocenters. The summed E-state index contributed by atoms with van der Waals surface area (Å²) in [5.74, 6) is -1.97. The first kappa shape index (κ1) is 21.5. The Morgan fingerprint density at radius 1 is 1.10 bits per heavy atom. The summed E-state index contributed by atoms with van der Waals surface area (Å²) in [5, 5.41) is 0. The number of nitrogens with one attached hydrogen (secondary N) is 1. The number of aromatic nitrogens is 1. The Kier molecular flexibility index (Phi) is 5.35. The summed E-state index contributed by atoms with van der Waals surface area (Å²) in [4.78, 5) is 4.09. The van der Waals surface area contributed by atoms with Gasteiger partial charge in [-0.15, -0.1) is 0 Å². The second-order valence-electron chi connectivity index (χ2n) is 7.76. The first-order valence-electron chi connectivity index (χ1n) is 8.74. The van der Waals surface area contributed by atoms with Gasteiger partial charge >= 0.3 is 7.12 Å². The fourth-order valence-electron chi connectivity index (χ4n) is 2.63. The van der Waals surface area contributed by atoms with Crippen molar-refractivity contribution in [3.8, 4) is 11.6 Å². The van der Waals surface area contributed by atoms with Crippen LogP contribution in [0.2, 0.25) is 0 Å². The van der Waals surface area contributed by atoms with E-state index in [0.717, 1.165) is 18.4 Å². The molecule has 1 fully saturated rings. The van der Waals surface area contributed by atoms with Crippen molar-refractivity contribution in [1.82, 2.24) is 4.98 Å². The topological polar surface area (TPSA) is 86.8 Å². The molecule has 0 amide bonds. The van der Waals surface area contributed by atoms with Gasteiger partial charge in [-0.3, -0.25) is 4.72 Å². The summed E-state index contributed by atoms with van der Waals surface area (Å²) >= 11 is 0. The molecule has 29 heavy (non-hydrogen) atoms. The molecule has 0 saturated carbocycles. The van der Waals surface area contributed by atoms with Crippen LogP contribution in [0.15, 0.2) is 30.5 Å². The van der Waals surface area contributed by atoms with Gasteiger partial charge in [0.05, 0.1) is 29.3 Å². The molecule has 2 heterocycles. The molecule has 1 aromatic carbocycles. The number of rotatable bonds is 5. The van der Waals surface area contributed by atoms with E-state index in [0.29, 0.717) is 6.07 Å². The third kappa shape index (κ3) is 4.68. The van der Waals surface area contributed by atoms with E-state index in [9.17, 15) is 17.2 Å². The summed E-state index contributed by atoms with van der Waals surface area (Å²) in [7, 11) is -4.51. The minimum Gasteiger partial charge on any atom is -0.436 e. The fraction of sp³-hybridized carbons (Fsp3) is 0.389. The lowest BCUT2D eigenvalue weighted by molar-refractivity contribution is 0.00578. The minimum atomic E-state index is -3.56. The van der Waals surface area contributed by atoms with Crippen LogP contribution in [-0.4, -0.2) is 38.0 Å². The third-order valence-corrected chi connectivity index (χ3v) is 5.40. The molecule has 1 N–H and O–H groups in total. The monoisotopic (exact) mass is 426 g/mol. The molecule has 2 aromatic rings. The highest BCUT2D eigenvalue weighted by Crippen LogP contribution is 2.37. The Morgan fingerprint density at radius 3 is 2.28 bits per heavy atom. The molecule has 11 heteroatoms. The second kappa shape index (κ2) is 7.23. The molecule has 3 rings (SSSR count). The Morgan fingerprint density at radius 2 is 1.72 bits per heavy atom. The number of benzene rings is 1. The average Bonchev–Trinajstić information content (AvgIpc) is 2.77. The molecule has 7 nitrogen and oxygen atoms in total. The number of anilines is 1. The van der Waals surface area contributed by atoms with Gasteiger partial charge in [-0.05, 0) is 45.9 Å². The maximum atomic E-state index is 14.0. The maximum Gasteiger partial charge on any atom is 0.500 e. The molecule has 0 aliphatic carbocycles. The number of hydrogen-bond acceptors (Lipinski definition) is 6. The summed E-state index contributed by atoms with van der Waals surface area (Å²) in [5.41, 5.74) is -0.961. The predicted octanol–water partition coefficient (Wildman–Crippen LogP) is 2.82. The SMILES string of the molecule is CC1(C)OB(c2cc(NS(C)(=O)=O)cnc2Oc2ccc(F)cc2F)OC1(C)C. The zero-order valence-corrected chi connectivity index (χ0v) is 17.4. The van der Waals surface area contributed by atoms with Crippen LogP contribution in [0.25, 0.3) is 0 Å². The molecule has 1 aromatic heterocycles. The van der Waals surface area contributed by atoms with E-state index >= 15 is 0 Å². The molecule has 1 saturated heterocycles. The number of sulfonamides is 1. The molecule has 0 radical (unpaired) electrons. The van der Waals surface area contributed by atoms with Gasteiger partial charge in [-0.1, -0.05) is 0 Å². The lowest BCUT2D eigenvalue weighted by Gasteiger charge is -2.32. The number of hydrogen-bond donors (Lipinski definition) is 1. The molecule has 0 spiro atoms. The summed E-state index contributed by atoms with van der Waals surface area (Å²) in [6.07, 6.45) is 2.21. The molecule has 1 aliphatic heterocycles. The van der Waals surface area contributed by atoms with Crippen LogP contribution in [0, 0.1) is 11.6 Å². The van der Waals surface area contributed by atoms with Crippen molar-refractivity contribution in [3.05, 3.63) is 42.1 Å². The minimum absolute atomic E-state index is 0.0620. The smallest absolute Gasteiger partial charge is 0.436 e. The van der Waals surface area contributed by atoms with E-state index in [4.69, 9.17) is 14.0 Å².